The van der Waals surface area contributed by atoms with Crippen LogP contribution in [0.15, 0.2) is 48.5 Å². The summed E-state index contributed by atoms with van der Waals surface area (Å²) >= 11 is 0. The fourth-order valence-electron chi connectivity index (χ4n) is 2.02. The Kier molecular flexibility index (Phi) is 6.19. The molecule has 8 heteroatoms. The van der Waals surface area contributed by atoms with Crippen LogP contribution in [0.25, 0.3) is 0 Å². The van der Waals surface area contributed by atoms with E-state index < -0.39 is 10.8 Å². The molecule has 0 saturated carbocycles. The van der Waals surface area contributed by atoms with Crippen LogP contribution >= 0.6 is 0 Å². The molecular formula is C17H17N3O5. The second-order valence-corrected chi connectivity index (χ2v) is 5.26. The van der Waals surface area contributed by atoms with Gasteiger partial charge in [0.25, 0.3) is 5.69 Å². The summed E-state index contributed by atoms with van der Waals surface area (Å²) in [4.78, 5) is 33.5. The molecule has 2 aromatic rings. The molecule has 0 spiro atoms. The van der Waals surface area contributed by atoms with Gasteiger partial charge in [-0.2, -0.15) is 0 Å². The van der Waals surface area contributed by atoms with Gasteiger partial charge in [-0.1, -0.05) is 12.1 Å². The quantitative estimate of drug-likeness (QED) is 0.593. The third-order valence-corrected chi connectivity index (χ3v) is 3.13. The molecule has 0 aliphatic heterocycles. The molecule has 0 aliphatic rings. The summed E-state index contributed by atoms with van der Waals surface area (Å²) in [5, 5.41) is 15.7. The zero-order chi connectivity index (χ0) is 18.2. The first-order valence-electron chi connectivity index (χ1n) is 7.42. The van der Waals surface area contributed by atoms with Gasteiger partial charge in [-0.05, 0) is 36.8 Å². The second kappa shape index (κ2) is 8.55. The standard InChI is InChI=1S/C17H17N3O5/c1-12-3-2-4-14(9-12)19-17(22)11-25-10-16(21)18-13-5-7-15(8-6-13)20(23)24/h2-9H,10-11H2,1H3,(H,18,21)(H,19,22). The summed E-state index contributed by atoms with van der Waals surface area (Å²) in [6.45, 7) is 1.34. The maximum absolute atomic E-state index is 11.7. The number of nitro groups is 1. The second-order valence-electron chi connectivity index (χ2n) is 5.26. The Hall–Kier alpha value is -3.26. The third-order valence-electron chi connectivity index (χ3n) is 3.13. The van der Waals surface area contributed by atoms with Crippen molar-refractivity contribution in [3.05, 3.63) is 64.2 Å². The number of hydrogen-bond donors (Lipinski definition) is 2. The average Bonchev–Trinajstić information content (AvgIpc) is 2.55. The number of carbonyl (C=O) groups excluding carboxylic acids is 2. The Balaban J connectivity index is 1.72. The van der Waals surface area contributed by atoms with Crippen LogP contribution in [-0.4, -0.2) is 30.0 Å². The van der Waals surface area contributed by atoms with Crippen LogP contribution in [0.2, 0.25) is 0 Å². The van der Waals surface area contributed by atoms with Crippen molar-refractivity contribution in [1.29, 1.82) is 0 Å². The van der Waals surface area contributed by atoms with E-state index in [0.29, 0.717) is 11.4 Å². The highest BCUT2D eigenvalue weighted by atomic mass is 16.6. The maximum Gasteiger partial charge on any atom is 0.269 e. The molecule has 2 N–H and O–H groups in total. The predicted octanol–water partition coefficient (Wildman–Crippen LogP) is 2.50. The van der Waals surface area contributed by atoms with Gasteiger partial charge in [0.05, 0.1) is 4.92 Å². The number of rotatable bonds is 7. The lowest BCUT2D eigenvalue weighted by atomic mass is 10.2. The highest BCUT2D eigenvalue weighted by Gasteiger charge is 2.08. The fourth-order valence-corrected chi connectivity index (χ4v) is 2.02. The number of carbonyl (C=O) groups is 2. The van der Waals surface area contributed by atoms with Crippen molar-refractivity contribution in [2.24, 2.45) is 0 Å². The van der Waals surface area contributed by atoms with E-state index in [4.69, 9.17) is 4.74 Å². The lowest BCUT2D eigenvalue weighted by molar-refractivity contribution is -0.384. The third kappa shape index (κ3) is 6.04. The molecule has 130 valence electrons. The van der Waals surface area contributed by atoms with Crippen LogP contribution in [0.1, 0.15) is 5.56 Å². The number of amides is 2. The van der Waals surface area contributed by atoms with Crippen molar-refractivity contribution >= 4 is 28.9 Å². The summed E-state index contributed by atoms with van der Waals surface area (Å²) < 4.78 is 5.06. The Morgan fingerprint density at radius 3 is 2.16 bits per heavy atom. The summed E-state index contributed by atoms with van der Waals surface area (Å²) in [6, 6.07) is 12.7. The predicted molar refractivity (Wildman–Crippen MR) is 92.4 cm³/mol. The molecule has 0 fully saturated rings. The van der Waals surface area contributed by atoms with Gasteiger partial charge in [-0.3, -0.25) is 19.7 Å². The zero-order valence-electron chi connectivity index (χ0n) is 13.5. The van der Waals surface area contributed by atoms with E-state index >= 15 is 0 Å². The van der Waals surface area contributed by atoms with Crippen LogP contribution < -0.4 is 10.6 Å². The Morgan fingerprint density at radius 2 is 1.60 bits per heavy atom. The smallest absolute Gasteiger partial charge is 0.269 e. The number of ether oxygens (including phenoxy) is 1. The number of nitrogens with zero attached hydrogens (tertiary/aromatic N) is 1. The highest BCUT2D eigenvalue weighted by Crippen LogP contribution is 2.15. The molecule has 0 bridgehead atoms. The summed E-state index contributed by atoms with van der Waals surface area (Å²) in [6.07, 6.45) is 0. The number of anilines is 2. The van der Waals surface area contributed by atoms with Crippen LogP contribution in [0, 0.1) is 17.0 Å². The van der Waals surface area contributed by atoms with Crippen molar-refractivity contribution in [2.75, 3.05) is 23.8 Å². The van der Waals surface area contributed by atoms with Crippen LogP contribution in [0.4, 0.5) is 17.1 Å². The number of nitrogens with one attached hydrogen (secondary N) is 2. The minimum atomic E-state index is -0.526. The van der Waals surface area contributed by atoms with Gasteiger partial charge in [-0.25, -0.2) is 0 Å². The van der Waals surface area contributed by atoms with E-state index in [-0.39, 0.29) is 24.8 Å². The summed E-state index contributed by atoms with van der Waals surface area (Å²) in [5.41, 5.74) is 2.01. The molecule has 2 rings (SSSR count). The molecule has 0 aliphatic carbocycles. The van der Waals surface area contributed by atoms with Gasteiger partial charge in [0.2, 0.25) is 11.8 Å². The normalized spacial score (nSPS) is 10.1. The average molecular weight is 343 g/mol. The SMILES string of the molecule is Cc1cccc(NC(=O)COCC(=O)Nc2ccc([N+](=O)[O-])cc2)c1. The lowest BCUT2D eigenvalue weighted by Crippen LogP contribution is -2.23. The van der Waals surface area contributed by atoms with Gasteiger partial charge < -0.3 is 15.4 Å². The van der Waals surface area contributed by atoms with Gasteiger partial charge in [0, 0.05) is 23.5 Å². The topological polar surface area (TPSA) is 111 Å². The minimum Gasteiger partial charge on any atom is -0.362 e. The number of aryl methyl sites for hydroxylation is 1. The Morgan fingerprint density at radius 1 is 1.00 bits per heavy atom. The summed E-state index contributed by atoms with van der Waals surface area (Å²) in [7, 11) is 0. The lowest BCUT2D eigenvalue weighted by Gasteiger charge is -2.08. The van der Waals surface area contributed by atoms with E-state index in [0.717, 1.165) is 5.56 Å². The Labute approximate surface area is 144 Å². The van der Waals surface area contributed by atoms with E-state index in [1.54, 1.807) is 6.07 Å². The molecule has 0 heterocycles. The molecule has 0 aromatic heterocycles. The van der Waals surface area contributed by atoms with E-state index in [9.17, 15) is 19.7 Å². The van der Waals surface area contributed by atoms with Crippen molar-refractivity contribution in [3.8, 4) is 0 Å². The van der Waals surface area contributed by atoms with Crippen molar-refractivity contribution < 1.29 is 19.2 Å². The van der Waals surface area contributed by atoms with E-state index in [1.165, 1.54) is 24.3 Å². The highest BCUT2D eigenvalue weighted by molar-refractivity contribution is 5.93. The zero-order valence-corrected chi connectivity index (χ0v) is 13.5. The van der Waals surface area contributed by atoms with Gasteiger partial charge in [0.15, 0.2) is 0 Å². The molecule has 8 nitrogen and oxygen atoms in total. The first-order valence-corrected chi connectivity index (χ1v) is 7.42. The van der Waals surface area contributed by atoms with Crippen LogP contribution in [0.5, 0.6) is 0 Å². The van der Waals surface area contributed by atoms with E-state index in [1.807, 2.05) is 25.1 Å². The van der Waals surface area contributed by atoms with Crippen molar-refractivity contribution in [3.63, 3.8) is 0 Å². The molecule has 2 aromatic carbocycles. The van der Waals surface area contributed by atoms with Gasteiger partial charge >= 0.3 is 0 Å². The molecule has 2 amide bonds. The molecular weight excluding hydrogens is 326 g/mol. The number of nitro benzene ring substituents is 1. The number of non-ortho nitro benzene ring substituents is 1. The monoisotopic (exact) mass is 343 g/mol. The number of benzene rings is 2. The first-order chi connectivity index (χ1) is 11.9. The minimum absolute atomic E-state index is 0.0675. The van der Waals surface area contributed by atoms with Crippen LogP contribution in [-0.2, 0) is 14.3 Å². The first kappa shape index (κ1) is 18.1. The Bertz CT molecular complexity index is 774. The van der Waals surface area contributed by atoms with Crippen molar-refractivity contribution in [1.82, 2.24) is 0 Å². The molecule has 0 radical (unpaired) electrons. The summed E-state index contributed by atoms with van der Waals surface area (Å²) in [5.74, 6) is -0.828. The largest absolute Gasteiger partial charge is 0.362 e. The van der Waals surface area contributed by atoms with E-state index in [2.05, 4.69) is 10.6 Å². The molecule has 25 heavy (non-hydrogen) atoms. The van der Waals surface area contributed by atoms with Gasteiger partial charge in [-0.15, -0.1) is 0 Å². The molecule has 0 unspecified atom stereocenters. The number of hydrogen-bond acceptors (Lipinski definition) is 5. The maximum atomic E-state index is 11.7. The van der Waals surface area contributed by atoms with Crippen LogP contribution in [0.3, 0.4) is 0 Å². The molecule has 0 atom stereocenters. The fraction of sp³-hybridized carbons (Fsp3) is 0.176. The molecule has 0 saturated heterocycles. The van der Waals surface area contributed by atoms with Gasteiger partial charge in [0.1, 0.15) is 13.2 Å². The van der Waals surface area contributed by atoms with Crippen molar-refractivity contribution in [2.45, 2.75) is 6.92 Å².